The van der Waals surface area contributed by atoms with E-state index in [1.165, 1.54) is 26.3 Å². The summed E-state index contributed by atoms with van der Waals surface area (Å²) in [5.74, 6) is 0.865. The summed E-state index contributed by atoms with van der Waals surface area (Å²) < 4.78 is 5.12. The van der Waals surface area contributed by atoms with Crippen LogP contribution in [0.5, 0.6) is 5.75 Å². The Kier molecular flexibility index (Phi) is 4.19. The van der Waals surface area contributed by atoms with Gasteiger partial charge in [-0.15, -0.1) is 0 Å². The van der Waals surface area contributed by atoms with E-state index in [0.717, 1.165) is 19.5 Å². The fraction of sp³-hybridized carbons (Fsp3) is 0.667. The number of piperidine rings is 1. The summed E-state index contributed by atoms with van der Waals surface area (Å²) >= 11 is 0. The lowest BCUT2D eigenvalue weighted by atomic mass is 10.0. The van der Waals surface area contributed by atoms with Crippen molar-refractivity contribution in [2.75, 3.05) is 32.1 Å². The number of anilines is 1. The minimum Gasteiger partial charge on any atom is -0.489 e. The molecule has 0 aliphatic carbocycles. The summed E-state index contributed by atoms with van der Waals surface area (Å²) in [6, 6.07) is 0.453. The number of nitrogens with zero attached hydrogens (tertiary/aromatic N) is 2. The van der Waals surface area contributed by atoms with E-state index in [1.807, 2.05) is 11.9 Å². The molecule has 1 saturated heterocycles. The summed E-state index contributed by atoms with van der Waals surface area (Å²) in [7, 11) is 3.42. The maximum Gasteiger partial charge on any atom is 0.295 e. The van der Waals surface area contributed by atoms with Crippen molar-refractivity contribution in [3.05, 3.63) is 16.7 Å². The first-order valence-electron chi connectivity index (χ1n) is 6.28. The molecule has 2 N–H and O–H groups in total. The first-order valence-corrected chi connectivity index (χ1v) is 6.28. The fourth-order valence-electron chi connectivity index (χ4n) is 2.33. The Balaban J connectivity index is 2.10. The lowest BCUT2D eigenvalue weighted by Crippen LogP contribution is -2.43. The van der Waals surface area contributed by atoms with E-state index in [2.05, 4.69) is 15.3 Å². The van der Waals surface area contributed by atoms with Gasteiger partial charge in [-0.25, -0.2) is 4.98 Å². The van der Waals surface area contributed by atoms with Gasteiger partial charge in [0.2, 0.25) is 5.75 Å². The number of nitrogens with one attached hydrogen (secondary N) is 2. The second-order valence-electron chi connectivity index (χ2n) is 4.62. The monoisotopic (exact) mass is 252 g/mol. The van der Waals surface area contributed by atoms with Crippen LogP contribution in [0.3, 0.4) is 0 Å². The lowest BCUT2D eigenvalue weighted by molar-refractivity contribution is 0.392. The average molecular weight is 252 g/mol. The Bertz CT molecular complexity index is 440. The van der Waals surface area contributed by atoms with E-state index >= 15 is 0 Å². The molecule has 0 spiro atoms. The highest BCUT2D eigenvalue weighted by Crippen LogP contribution is 2.20. The number of aromatic amines is 1. The predicted octanol–water partition coefficient (Wildman–Crippen LogP) is 0.357. The van der Waals surface area contributed by atoms with Crippen molar-refractivity contribution < 1.29 is 4.74 Å². The maximum atomic E-state index is 11.6. The van der Waals surface area contributed by atoms with E-state index in [9.17, 15) is 4.79 Å². The fourth-order valence-corrected chi connectivity index (χ4v) is 2.33. The van der Waals surface area contributed by atoms with E-state index in [-0.39, 0.29) is 11.3 Å². The number of aromatic nitrogens is 2. The van der Waals surface area contributed by atoms with Crippen molar-refractivity contribution in [2.45, 2.75) is 25.3 Å². The molecule has 0 bridgehead atoms. The van der Waals surface area contributed by atoms with Crippen LogP contribution in [0.1, 0.15) is 19.3 Å². The molecule has 2 rings (SSSR count). The average Bonchev–Trinajstić information content (AvgIpc) is 2.39. The van der Waals surface area contributed by atoms with Gasteiger partial charge in [0.15, 0.2) is 5.82 Å². The van der Waals surface area contributed by atoms with Crippen molar-refractivity contribution in [3.63, 3.8) is 0 Å². The van der Waals surface area contributed by atoms with Gasteiger partial charge in [0.1, 0.15) is 0 Å². The topological polar surface area (TPSA) is 70.2 Å². The Morgan fingerprint density at radius 1 is 1.56 bits per heavy atom. The molecule has 1 aliphatic heterocycles. The highest BCUT2D eigenvalue weighted by Gasteiger charge is 2.18. The zero-order chi connectivity index (χ0) is 13.0. The summed E-state index contributed by atoms with van der Waals surface area (Å²) in [5, 5.41) is 3.48. The third-order valence-electron chi connectivity index (χ3n) is 3.26. The van der Waals surface area contributed by atoms with Crippen LogP contribution in [0, 0.1) is 0 Å². The van der Waals surface area contributed by atoms with Crippen LogP contribution in [-0.4, -0.2) is 43.3 Å². The molecular weight excluding hydrogens is 232 g/mol. The smallest absolute Gasteiger partial charge is 0.295 e. The molecule has 0 amide bonds. The molecule has 1 aromatic heterocycles. The van der Waals surface area contributed by atoms with Gasteiger partial charge in [0.25, 0.3) is 5.56 Å². The number of hydrogen-bond acceptors (Lipinski definition) is 5. The summed E-state index contributed by atoms with van der Waals surface area (Å²) in [4.78, 5) is 20.3. The minimum absolute atomic E-state index is 0.244. The molecular formula is C12H20N4O2. The molecule has 0 saturated carbocycles. The Hall–Kier alpha value is -1.56. The second-order valence-corrected chi connectivity index (χ2v) is 4.62. The first kappa shape index (κ1) is 12.9. The van der Waals surface area contributed by atoms with E-state index in [1.54, 1.807) is 0 Å². The van der Waals surface area contributed by atoms with Crippen LogP contribution in [-0.2, 0) is 0 Å². The molecule has 1 atom stereocenters. The summed E-state index contributed by atoms with van der Waals surface area (Å²) in [6.45, 7) is 1.89. The van der Waals surface area contributed by atoms with Crippen molar-refractivity contribution in [2.24, 2.45) is 0 Å². The largest absolute Gasteiger partial charge is 0.489 e. The summed E-state index contributed by atoms with van der Waals surface area (Å²) in [5.41, 5.74) is -0.244. The molecule has 1 aromatic rings. The molecule has 18 heavy (non-hydrogen) atoms. The number of methoxy groups -OCH3 is 1. The Labute approximate surface area is 106 Å². The van der Waals surface area contributed by atoms with Gasteiger partial charge in [-0.05, 0) is 19.4 Å². The highest BCUT2D eigenvalue weighted by atomic mass is 16.5. The zero-order valence-corrected chi connectivity index (χ0v) is 10.9. The van der Waals surface area contributed by atoms with Gasteiger partial charge in [-0.3, -0.25) is 4.79 Å². The molecule has 0 aromatic carbocycles. The quantitative estimate of drug-likeness (QED) is 0.809. The maximum absolute atomic E-state index is 11.6. The van der Waals surface area contributed by atoms with Gasteiger partial charge in [-0.1, -0.05) is 6.42 Å². The third-order valence-corrected chi connectivity index (χ3v) is 3.26. The Morgan fingerprint density at radius 2 is 2.39 bits per heavy atom. The zero-order valence-electron chi connectivity index (χ0n) is 10.9. The molecule has 0 radical (unpaired) electrons. The highest BCUT2D eigenvalue weighted by molar-refractivity contribution is 5.50. The van der Waals surface area contributed by atoms with Crippen molar-refractivity contribution in [3.8, 4) is 5.75 Å². The molecule has 1 aliphatic rings. The SMILES string of the molecule is COc1c(N(C)CC2CCCCN2)nc[nH]c1=O. The number of likely N-dealkylation sites (N-methyl/N-ethyl adjacent to an activating group) is 1. The van der Waals surface area contributed by atoms with Crippen molar-refractivity contribution in [1.82, 2.24) is 15.3 Å². The lowest BCUT2D eigenvalue weighted by Gasteiger charge is -2.29. The van der Waals surface area contributed by atoms with Gasteiger partial charge in [-0.2, -0.15) is 0 Å². The van der Waals surface area contributed by atoms with E-state index in [4.69, 9.17) is 4.74 Å². The van der Waals surface area contributed by atoms with Crippen LogP contribution >= 0.6 is 0 Å². The molecule has 100 valence electrons. The minimum atomic E-state index is -0.244. The molecule has 6 nitrogen and oxygen atoms in total. The van der Waals surface area contributed by atoms with Gasteiger partial charge in [0, 0.05) is 19.6 Å². The second kappa shape index (κ2) is 5.86. The van der Waals surface area contributed by atoms with Crippen LogP contribution in [0.4, 0.5) is 5.82 Å². The Morgan fingerprint density at radius 3 is 3.06 bits per heavy atom. The number of rotatable bonds is 4. The first-order chi connectivity index (χ1) is 8.72. The van der Waals surface area contributed by atoms with Gasteiger partial charge >= 0.3 is 0 Å². The van der Waals surface area contributed by atoms with Crippen LogP contribution in [0.2, 0.25) is 0 Å². The van der Waals surface area contributed by atoms with E-state index in [0.29, 0.717) is 11.9 Å². The van der Waals surface area contributed by atoms with E-state index < -0.39 is 0 Å². The number of H-pyrrole nitrogens is 1. The predicted molar refractivity (Wildman–Crippen MR) is 70.3 cm³/mol. The standard InChI is InChI=1S/C12H20N4O2/c1-16(7-9-5-3-4-6-13-9)11-10(18-2)12(17)15-8-14-11/h8-9,13H,3-7H2,1-2H3,(H,14,15,17). The van der Waals surface area contributed by atoms with Gasteiger partial charge in [0.05, 0.1) is 13.4 Å². The normalized spacial score (nSPS) is 19.6. The van der Waals surface area contributed by atoms with Crippen LogP contribution in [0.15, 0.2) is 11.1 Å². The van der Waals surface area contributed by atoms with Gasteiger partial charge < -0.3 is 19.9 Å². The molecule has 1 fully saturated rings. The third kappa shape index (κ3) is 2.81. The summed E-state index contributed by atoms with van der Waals surface area (Å²) in [6.07, 6.45) is 5.07. The van der Waals surface area contributed by atoms with Crippen molar-refractivity contribution in [1.29, 1.82) is 0 Å². The van der Waals surface area contributed by atoms with Crippen molar-refractivity contribution >= 4 is 5.82 Å². The molecule has 6 heteroatoms. The van der Waals surface area contributed by atoms with Crippen LogP contribution in [0.25, 0.3) is 0 Å². The molecule has 2 heterocycles. The van der Waals surface area contributed by atoms with Crippen LogP contribution < -0.4 is 20.5 Å². The number of ether oxygens (including phenoxy) is 1. The number of hydrogen-bond donors (Lipinski definition) is 2. The molecule has 1 unspecified atom stereocenters.